The Bertz CT molecular complexity index is 791. The molecular weight excluding hydrogens is 360 g/mol. The van der Waals surface area contributed by atoms with Crippen LogP contribution in [-0.2, 0) is 0 Å². The summed E-state index contributed by atoms with van der Waals surface area (Å²) in [6, 6.07) is 8.49. The fourth-order valence-corrected chi connectivity index (χ4v) is 3.83. The first kappa shape index (κ1) is 18.3. The van der Waals surface area contributed by atoms with E-state index in [4.69, 9.17) is 16.3 Å². The fourth-order valence-electron chi connectivity index (χ4n) is 3.74. The van der Waals surface area contributed by atoms with Gasteiger partial charge in [-0.1, -0.05) is 36.7 Å². The second kappa shape index (κ2) is 8.28. The molecule has 2 aromatic rings. The van der Waals surface area contributed by atoms with E-state index in [1.54, 1.807) is 12.4 Å². The highest BCUT2D eigenvalue weighted by molar-refractivity contribution is 6.30. The van der Waals surface area contributed by atoms with Crippen LogP contribution in [0.25, 0.3) is 5.57 Å². The molecule has 2 atom stereocenters. The highest BCUT2D eigenvalue weighted by atomic mass is 35.5. The third kappa shape index (κ3) is 4.42. The minimum Gasteiger partial charge on any atom is -0.493 e. The van der Waals surface area contributed by atoms with Gasteiger partial charge in [-0.05, 0) is 42.2 Å². The molecule has 4 rings (SSSR count). The molecule has 0 saturated carbocycles. The van der Waals surface area contributed by atoms with Crippen molar-refractivity contribution in [1.29, 1.82) is 0 Å². The van der Waals surface area contributed by atoms with Crippen LogP contribution in [0, 0.1) is 11.8 Å². The molecule has 1 fully saturated rings. The zero-order valence-corrected chi connectivity index (χ0v) is 16.3. The maximum atomic E-state index is 6.09. The lowest BCUT2D eigenvalue weighted by Crippen LogP contribution is -2.23. The van der Waals surface area contributed by atoms with Crippen LogP contribution in [0.3, 0.4) is 0 Å². The van der Waals surface area contributed by atoms with E-state index in [-0.39, 0.29) is 0 Å². The predicted molar refractivity (Wildman–Crippen MR) is 109 cm³/mol. The van der Waals surface area contributed by atoms with Crippen LogP contribution in [0.1, 0.15) is 18.9 Å². The number of nitrogens with zero attached hydrogens (tertiary/aromatic N) is 3. The monoisotopic (exact) mass is 384 g/mol. The standard InChI is InChI=1S/C21H25ClN4O/c1-15-12-26(21-24-10-19(22)11-25-21)13-18(15)14-27-20-4-2-16(3-5-20)17-6-8-23-9-7-17/h2-6,10-11,15,18,23H,7-9,12-14H2,1H3. The minimum atomic E-state index is 0.455. The Labute approximate surface area is 165 Å². The van der Waals surface area contributed by atoms with Gasteiger partial charge in [-0.15, -0.1) is 0 Å². The van der Waals surface area contributed by atoms with E-state index in [0.29, 0.717) is 23.5 Å². The van der Waals surface area contributed by atoms with Crippen molar-refractivity contribution in [3.05, 3.63) is 53.3 Å². The van der Waals surface area contributed by atoms with Crippen LogP contribution < -0.4 is 15.0 Å². The molecule has 0 aliphatic carbocycles. The van der Waals surface area contributed by atoms with Crippen LogP contribution in [0.5, 0.6) is 5.75 Å². The number of rotatable bonds is 5. The first-order valence-corrected chi connectivity index (χ1v) is 9.92. The number of ether oxygens (including phenoxy) is 1. The van der Waals surface area contributed by atoms with Crippen molar-refractivity contribution in [2.24, 2.45) is 11.8 Å². The van der Waals surface area contributed by atoms with Crippen LogP contribution >= 0.6 is 11.6 Å². The van der Waals surface area contributed by atoms with Gasteiger partial charge in [0.05, 0.1) is 24.0 Å². The molecule has 1 N–H and O–H groups in total. The molecule has 27 heavy (non-hydrogen) atoms. The van der Waals surface area contributed by atoms with Gasteiger partial charge < -0.3 is 15.0 Å². The maximum absolute atomic E-state index is 6.09. The Morgan fingerprint density at radius 1 is 1.19 bits per heavy atom. The van der Waals surface area contributed by atoms with Gasteiger partial charge in [-0.3, -0.25) is 0 Å². The van der Waals surface area contributed by atoms with Crippen molar-refractivity contribution >= 4 is 23.1 Å². The number of anilines is 1. The first-order chi connectivity index (χ1) is 13.2. The van der Waals surface area contributed by atoms with Crippen molar-refractivity contribution in [2.75, 3.05) is 37.7 Å². The van der Waals surface area contributed by atoms with Gasteiger partial charge in [0.15, 0.2) is 0 Å². The van der Waals surface area contributed by atoms with E-state index < -0.39 is 0 Å². The second-order valence-corrected chi connectivity index (χ2v) is 7.80. The largest absolute Gasteiger partial charge is 0.493 e. The summed E-state index contributed by atoms with van der Waals surface area (Å²) in [5.74, 6) is 2.66. The maximum Gasteiger partial charge on any atom is 0.225 e. The first-order valence-electron chi connectivity index (χ1n) is 9.54. The molecule has 2 aliphatic rings. The van der Waals surface area contributed by atoms with Crippen molar-refractivity contribution in [1.82, 2.24) is 15.3 Å². The summed E-state index contributed by atoms with van der Waals surface area (Å²) in [4.78, 5) is 10.9. The number of hydrogen-bond donors (Lipinski definition) is 1. The molecule has 0 bridgehead atoms. The summed E-state index contributed by atoms with van der Waals surface area (Å²) in [7, 11) is 0. The number of halogens is 1. The highest BCUT2D eigenvalue weighted by Crippen LogP contribution is 2.28. The van der Waals surface area contributed by atoms with Gasteiger partial charge in [0.2, 0.25) is 5.95 Å². The summed E-state index contributed by atoms with van der Waals surface area (Å²) in [5, 5.41) is 3.91. The van der Waals surface area contributed by atoms with Crippen LogP contribution in [0.4, 0.5) is 5.95 Å². The predicted octanol–water partition coefficient (Wildman–Crippen LogP) is 3.66. The van der Waals surface area contributed by atoms with Gasteiger partial charge in [0.25, 0.3) is 0 Å². The molecule has 0 amide bonds. The molecule has 1 saturated heterocycles. The fraction of sp³-hybridized carbons (Fsp3) is 0.429. The van der Waals surface area contributed by atoms with E-state index in [9.17, 15) is 0 Å². The van der Waals surface area contributed by atoms with Crippen molar-refractivity contribution in [2.45, 2.75) is 13.3 Å². The molecule has 2 unspecified atom stereocenters. The Morgan fingerprint density at radius 2 is 1.96 bits per heavy atom. The zero-order valence-electron chi connectivity index (χ0n) is 15.6. The molecule has 5 nitrogen and oxygen atoms in total. The Balaban J connectivity index is 1.33. The average Bonchev–Trinajstić information content (AvgIpc) is 3.08. The topological polar surface area (TPSA) is 50.3 Å². The van der Waals surface area contributed by atoms with Crippen LogP contribution in [-0.4, -0.2) is 42.8 Å². The molecule has 2 aliphatic heterocycles. The molecule has 1 aromatic heterocycles. The molecule has 0 spiro atoms. The lowest BCUT2D eigenvalue weighted by molar-refractivity contribution is 0.233. The second-order valence-electron chi connectivity index (χ2n) is 7.36. The van der Waals surface area contributed by atoms with Gasteiger partial charge in [-0.2, -0.15) is 0 Å². The lowest BCUT2D eigenvalue weighted by Gasteiger charge is -2.17. The summed E-state index contributed by atoms with van der Waals surface area (Å²) in [6.07, 6.45) is 6.66. The van der Waals surface area contributed by atoms with E-state index in [1.807, 2.05) is 0 Å². The molecule has 142 valence electrons. The molecular formula is C21H25ClN4O. The smallest absolute Gasteiger partial charge is 0.225 e. The lowest BCUT2D eigenvalue weighted by atomic mass is 9.99. The zero-order chi connectivity index (χ0) is 18.6. The number of aromatic nitrogens is 2. The average molecular weight is 385 g/mol. The van der Waals surface area contributed by atoms with Gasteiger partial charge in [0, 0.05) is 25.6 Å². The summed E-state index contributed by atoms with van der Waals surface area (Å²) >= 11 is 5.88. The highest BCUT2D eigenvalue weighted by Gasteiger charge is 2.31. The third-order valence-electron chi connectivity index (χ3n) is 5.41. The Morgan fingerprint density at radius 3 is 2.67 bits per heavy atom. The third-order valence-corrected chi connectivity index (χ3v) is 5.61. The molecule has 0 radical (unpaired) electrons. The number of nitrogens with one attached hydrogen (secondary N) is 1. The summed E-state index contributed by atoms with van der Waals surface area (Å²) in [5.41, 5.74) is 2.72. The van der Waals surface area contributed by atoms with Gasteiger partial charge in [-0.25, -0.2) is 9.97 Å². The van der Waals surface area contributed by atoms with Crippen molar-refractivity contribution < 1.29 is 4.74 Å². The van der Waals surface area contributed by atoms with E-state index in [1.165, 1.54) is 11.1 Å². The van der Waals surface area contributed by atoms with Gasteiger partial charge in [0.1, 0.15) is 5.75 Å². The quantitative estimate of drug-likeness (QED) is 0.852. The molecule has 6 heteroatoms. The van der Waals surface area contributed by atoms with Crippen molar-refractivity contribution in [3.8, 4) is 5.75 Å². The van der Waals surface area contributed by atoms with Gasteiger partial charge >= 0.3 is 0 Å². The van der Waals surface area contributed by atoms with Crippen LogP contribution in [0.2, 0.25) is 5.02 Å². The Kier molecular flexibility index (Phi) is 5.60. The molecule has 3 heterocycles. The van der Waals surface area contributed by atoms with E-state index in [2.05, 4.69) is 57.4 Å². The number of benzene rings is 1. The van der Waals surface area contributed by atoms with E-state index in [0.717, 1.165) is 44.3 Å². The minimum absolute atomic E-state index is 0.455. The number of hydrogen-bond acceptors (Lipinski definition) is 5. The van der Waals surface area contributed by atoms with Crippen molar-refractivity contribution in [3.63, 3.8) is 0 Å². The SMILES string of the molecule is CC1CN(c2ncc(Cl)cn2)CC1COc1ccc(C2=CCNCC2)cc1. The summed E-state index contributed by atoms with van der Waals surface area (Å²) < 4.78 is 6.09. The Hall–Kier alpha value is -2.11. The summed E-state index contributed by atoms with van der Waals surface area (Å²) in [6.45, 7) is 6.82. The molecule has 1 aromatic carbocycles. The normalized spacial score (nSPS) is 22.6. The van der Waals surface area contributed by atoms with E-state index >= 15 is 0 Å². The van der Waals surface area contributed by atoms with Crippen LogP contribution in [0.15, 0.2) is 42.7 Å².